The SMILES string of the molecule is CC(C)(C)C(N)c1nc(-c2ccc3c(c2)OCCO3)cs1. The van der Waals surface area contributed by atoms with Gasteiger partial charge in [0.2, 0.25) is 0 Å². The Bertz CT molecular complexity index is 646. The van der Waals surface area contributed by atoms with Crippen molar-refractivity contribution >= 4 is 11.3 Å². The molecule has 1 atom stereocenters. The van der Waals surface area contributed by atoms with Crippen LogP contribution in [0.5, 0.6) is 11.5 Å². The Kier molecular flexibility index (Phi) is 3.63. The lowest BCUT2D eigenvalue weighted by molar-refractivity contribution is 0.171. The lowest BCUT2D eigenvalue weighted by Crippen LogP contribution is -2.26. The summed E-state index contributed by atoms with van der Waals surface area (Å²) in [5, 5.41) is 3.01. The summed E-state index contributed by atoms with van der Waals surface area (Å²) in [6.07, 6.45) is 0. The molecule has 2 N–H and O–H groups in total. The molecule has 0 saturated heterocycles. The highest BCUT2D eigenvalue weighted by molar-refractivity contribution is 7.10. The highest BCUT2D eigenvalue weighted by Gasteiger charge is 2.25. The zero-order valence-electron chi connectivity index (χ0n) is 12.6. The Morgan fingerprint density at radius 1 is 1.19 bits per heavy atom. The molecule has 1 aromatic carbocycles. The van der Waals surface area contributed by atoms with E-state index in [-0.39, 0.29) is 11.5 Å². The van der Waals surface area contributed by atoms with Gasteiger partial charge in [0.25, 0.3) is 0 Å². The molecule has 1 aliphatic heterocycles. The van der Waals surface area contributed by atoms with Crippen molar-refractivity contribution in [2.75, 3.05) is 13.2 Å². The molecule has 112 valence electrons. The molecule has 2 aromatic rings. The second kappa shape index (κ2) is 5.31. The molecular weight excluding hydrogens is 284 g/mol. The summed E-state index contributed by atoms with van der Waals surface area (Å²) in [5.74, 6) is 1.58. The molecule has 0 fully saturated rings. The summed E-state index contributed by atoms with van der Waals surface area (Å²) in [5.41, 5.74) is 8.25. The molecule has 4 nitrogen and oxygen atoms in total. The smallest absolute Gasteiger partial charge is 0.162 e. The van der Waals surface area contributed by atoms with E-state index in [1.165, 1.54) is 0 Å². The van der Waals surface area contributed by atoms with Crippen molar-refractivity contribution < 1.29 is 9.47 Å². The van der Waals surface area contributed by atoms with E-state index >= 15 is 0 Å². The molecule has 0 aliphatic carbocycles. The van der Waals surface area contributed by atoms with Gasteiger partial charge < -0.3 is 15.2 Å². The lowest BCUT2D eigenvalue weighted by Gasteiger charge is -2.24. The van der Waals surface area contributed by atoms with Crippen LogP contribution < -0.4 is 15.2 Å². The average molecular weight is 304 g/mol. The summed E-state index contributed by atoms with van der Waals surface area (Å²) >= 11 is 1.61. The lowest BCUT2D eigenvalue weighted by atomic mass is 9.88. The Morgan fingerprint density at radius 2 is 1.90 bits per heavy atom. The molecule has 0 spiro atoms. The predicted octanol–water partition coefficient (Wildman–Crippen LogP) is 3.63. The van der Waals surface area contributed by atoms with Gasteiger partial charge in [0.1, 0.15) is 18.2 Å². The van der Waals surface area contributed by atoms with Crippen LogP contribution in [0.1, 0.15) is 31.8 Å². The van der Waals surface area contributed by atoms with Crippen LogP contribution in [0.3, 0.4) is 0 Å². The summed E-state index contributed by atoms with van der Waals surface area (Å²) in [4.78, 5) is 4.69. The molecule has 21 heavy (non-hydrogen) atoms. The number of nitrogens with zero attached hydrogens (tertiary/aromatic N) is 1. The Balaban J connectivity index is 1.90. The third-order valence-corrected chi connectivity index (χ3v) is 4.49. The molecule has 2 heterocycles. The van der Waals surface area contributed by atoms with Crippen LogP contribution in [0, 0.1) is 5.41 Å². The van der Waals surface area contributed by atoms with Gasteiger partial charge in [0.15, 0.2) is 11.5 Å². The molecule has 0 bridgehead atoms. The maximum absolute atomic E-state index is 6.28. The van der Waals surface area contributed by atoms with Gasteiger partial charge >= 0.3 is 0 Å². The van der Waals surface area contributed by atoms with E-state index in [0.717, 1.165) is 27.8 Å². The molecule has 5 heteroatoms. The van der Waals surface area contributed by atoms with E-state index in [0.29, 0.717) is 13.2 Å². The van der Waals surface area contributed by atoms with Gasteiger partial charge in [0, 0.05) is 10.9 Å². The number of hydrogen-bond acceptors (Lipinski definition) is 5. The van der Waals surface area contributed by atoms with E-state index in [1.807, 2.05) is 23.6 Å². The highest BCUT2D eigenvalue weighted by atomic mass is 32.1. The summed E-state index contributed by atoms with van der Waals surface area (Å²) < 4.78 is 11.2. The van der Waals surface area contributed by atoms with Gasteiger partial charge in [-0.3, -0.25) is 0 Å². The molecule has 0 radical (unpaired) electrons. The van der Waals surface area contributed by atoms with Gasteiger partial charge in [-0.05, 0) is 23.6 Å². The van der Waals surface area contributed by atoms with E-state index in [4.69, 9.17) is 20.2 Å². The minimum Gasteiger partial charge on any atom is -0.486 e. The Morgan fingerprint density at radius 3 is 2.62 bits per heavy atom. The number of benzene rings is 1. The normalized spacial score (nSPS) is 15.8. The summed E-state index contributed by atoms with van der Waals surface area (Å²) in [6.45, 7) is 7.58. The summed E-state index contributed by atoms with van der Waals surface area (Å²) in [6, 6.07) is 5.87. The monoisotopic (exact) mass is 304 g/mol. The topological polar surface area (TPSA) is 57.4 Å². The van der Waals surface area contributed by atoms with Crippen molar-refractivity contribution in [3.05, 3.63) is 28.6 Å². The number of hydrogen-bond donors (Lipinski definition) is 1. The van der Waals surface area contributed by atoms with Crippen molar-refractivity contribution in [3.8, 4) is 22.8 Å². The summed E-state index contributed by atoms with van der Waals surface area (Å²) in [7, 11) is 0. The van der Waals surface area contributed by atoms with Crippen LogP contribution in [-0.2, 0) is 0 Å². The molecule has 1 aromatic heterocycles. The zero-order valence-corrected chi connectivity index (χ0v) is 13.4. The van der Waals surface area contributed by atoms with Gasteiger partial charge in [-0.15, -0.1) is 11.3 Å². The van der Waals surface area contributed by atoms with Crippen molar-refractivity contribution in [1.82, 2.24) is 4.98 Å². The Labute approximate surface area is 128 Å². The second-order valence-electron chi connectivity index (χ2n) is 6.27. The van der Waals surface area contributed by atoms with Crippen LogP contribution in [-0.4, -0.2) is 18.2 Å². The molecule has 0 saturated carbocycles. The fourth-order valence-corrected chi connectivity index (χ4v) is 3.21. The van der Waals surface area contributed by atoms with Crippen LogP contribution in [0.2, 0.25) is 0 Å². The van der Waals surface area contributed by atoms with Crippen molar-refractivity contribution in [2.45, 2.75) is 26.8 Å². The van der Waals surface area contributed by atoms with Crippen LogP contribution >= 0.6 is 11.3 Å². The maximum Gasteiger partial charge on any atom is 0.162 e. The highest BCUT2D eigenvalue weighted by Crippen LogP contribution is 2.37. The van der Waals surface area contributed by atoms with Crippen LogP contribution in [0.15, 0.2) is 23.6 Å². The number of fused-ring (bicyclic) bond motifs is 1. The largest absolute Gasteiger partial charge is 0.486 e. The standard InChI is InChI=1S/C16H20N2O2S/c1-16(2,3)14(17)15-18-11(9-21-15)10-4-5-12-13(8-10)20-7-6-19-12/h4-5,8-9,14H,6-7,17H2,1-3H3. The van der Waals surface area contributed by atoms with E-state index < -0.39 is 0 Å². The number of thiazole rings is 1. The molecule has 0 amide bonds. The maximum atomic E-state index is 6.28. The number of aromatic nitrogens is 1. The molecular formula is C16H20N2O2S. The molecule has 1 aliphatic rings. The quantitative estimate of drug-likeness (QED) is 0.920. The molecule has 1 unspecified atom stereocenters. The second-order valence-corrected chi connectivity index (χ2v) is 7.16. The third-order valence-electron chi connectivity index (χ3n) is 3.56. The zero-order chi connectivity index (χ0) is 15.0. The van der Waals surface area contributed by atoms with Crippen molar-refractivity contribution in [3.63, 3.8) is 0 Å². The fraction of sp³-hybridized carbons (Fsp3) is 0.438. The van der Waals surface area contributed by atoms with Crippen molar-refractivity contribution in [2.24, 2.45) is 11.1 Å². The van der Waals surface area contributed by atoms with E-state index in [2.05, 4.69) is 20.8 Å². The van der Waals surface area contributed by atoms with Gasteiger partial charge in [0.05, 0.1) is 11.7 Å². The minimum absolute atomic E-state index is 0.00191. The first-order chi connectivity index (χ1) is 9.95. The number of rotatable bonds is 2. The van der Waals surface area contributed by atoms with E-state index in [9.17, 15) is 0 Å². The number of ether oxygens (including phenoxy) is 2. The van der Waals surface area contributed by atoms with E-state index in [1.54, 1.807) is 11.3 Å². The van der Waals surface area contributed by atoms with Crippen LogP contribution in [0.25, 0.3) is 11.3 Å². The first kappa shape index (κ1) is 14.4. The van der Waals surface area contributed by atoms with Gasteiger partial charge in [-0.25, -0.2) is 4.98 Å². The van der Waals surface area contributed by atoms with Crippen molar-refractivity contribution in [1.29, 1.82) is 0 Å². The van der Waals surface area contributed by atoms with Gasteiger partial charge in [-0.1, -0.05) is 20.8 Å². The number of nitrogens with two attached hydrogens (primary N) is 1. The Hall–Kier alpha value is -1.59. The first-order valence-corrected chi connectivity index (χ1v) is 7.94. The van der Waals surface area contributed by atoms with Gasteiger partial charge in [-0.2, -0.15) is 0 Å². The predicted molar refractivity (Wildman–Crippen MR) is 84.9 cm³/mol. The van der Waals surface area contributed by atoms with Crippen LogP contribution in [0.4, 0.5) is 0 Å². The fourth-order valence-electron chi connectivity index (χ4n) is 2.14. The first-order valence-electron chi connectivity index (χ1n) is 7.06. The average Bonchev–Trinajstić information content (AvgIpc) is 2.94. The molecule has 3 rings (SSSR count). The third kappa shape index (κ3) is 2.89. The minimum atomic E-state index is -0.0616.